The maximum Gasteiger partial charge on any atom is 0.119 e. The van der Waals surface area contributed by atoms with E-state index in [0.29, 0.717) is 5.92 Å². The normalized spacial score (nSPS) is 18.2. The van der Waals surface area contributed by atoms with Gasteiger partial charge >= 0.3 is 0 Å². The van der Waals surface area contributed by atoms with Crippen molar-refractivity contribution in [1.82, 2.24) is 0 Å². The molecule has 2 N–H and O–H groups in total. The van der Waals surface area contributed by atoms with Crippen LogP contribution in [0.5, 0.6) is 5.75 Å². The van der Waals surface area contributed by atoms with Crippen molar-refractivity contribution in [2.45, 2.75) is 51.4 Å². The second-order valence-corrected chi connectivity index (χ2v) is 5.58. The average Bonchev–Trinajstić information content (AvgIpc) is 2.47. The molecule has 1 unspecified atom stereocenters. The van der Waals surface area contributed by atoms with E-state index < -0.39 is 0 Å². The van der Waals surface area contributed by atoms with E-state index >= 15 is 0 Å². The second kappa shape index (κ2) is 7.54. The molecular formula is C17H27NO. The highest BCUT2D eigenvalue weighted by molar-refractivity contribution is 5.30. The van der Waals surface area contributed by atoms with Crippen LogP contribution in [-0.2, 0) is 0 Å². The number of hydrogen-bond donors (Lipinski definition) is 1. The summed E-state index contributed by atoms with van der Waals surface area (Å²) in [6, 6.07) is 8.68. The predicted octanol–water partition coefficient (Wildman–Crippen LogP) is 4.10. The quantitative estimate of drug-likeness (QED) is 0.836. The monoisotopic (exact) mass is 261 g/mol. The summed E-state index contributed by atoms with van der Waals surface area (Å²) in [6.07, 6.45) is 8.05. The standard InChI is InChI=1S/C17H27NO/c1-2-19-16-10-8-15(9-11-16)17(12-13-18)14-6-4-3-5-7-14/h8-11,14,17H,2-7,12-13,18H2,1H3. The highest BCUT2D eigenvalue weighted by Gasteiger charge is 2.24. The Morgan fingerprint density at radius 1 is 1.16 bits per heavy atom. The number of ether oxygens (including phenoxy) is 1. The SMILES string of the molecule is CCOc1ccc(C(CCN)C2CCCCC2)cc1. The van der Waals surface area contributed by atoms with Crippen LogP contribution in [0.15, 0.2) is 24.3 Å². The Bertz CT molecular complexity index is 354. The Balaban J connectivity index is 2.08. The third kappa shape index (κ3) is 3.97. The van der Waals surface area contributed by atoms with Crippen LogP contribution >= 0.6 is 0 Å². The van der Waals surface area contributed by atoms with E-state index in [1.165, 1.54) is 37.7 Å². The highest BCUT2D eigenvalue weighted by Crippen LogP contribution is 2.38. The number of nitrogens with two attached hydrogens (primary N) is 1. The molecule has 2 nitrogen and oxygen atoms in total. The molecule has 1 aliphatic carbocycles. The minimum atomic E-state index is 0.640. The minimum Gasteiger partial charge on any atom is -0.494 e. The lowest BCUT2D eigenvalue weighted by molar-refractivity contribution is 0.295. The van der Waals surface area contributed by atoms with Gasteiger partial charge in [-0.25, -0.2) is 0 Å². The largest absolute Gasteiger partial charge is 0.494 e. The van der Waals surface area contributed by atoms with Crippen LogP contribution in [0.4, 0.5) is 0 Å². The maximum atomic E-state index is 5.83. The molecule has 0 heterocycles. The molecule has 1 aromatic carbocycles. The predicted molar refractivity (Wildman–Crippen MR) is 80.6 cm³/mol. The third-order valence-corrected chi connectivity index (χ3v) is 4.32. The molecule has 0 bridgehead atoms. The Labute approximate surface area is 117 Å². The van der Waals surface area contributed by atoms with Crippen molar-refractivity contribution >= 4 is 0 Å². The van der Waals surface area contributed by atoms with Gasteiger partial charge in [-0.05, 0) is 62.3 Å². The van der Waals surface area contributed by atoms with Crippen LogP contribution in [0.2, 0.25) is 0 Å². The average molecular weight is 261 g/mol. The summed E-state index contributed by atoms with van der Waals surface area (Å²) in [6.45, 7) is 3.54. The Kier molecular flexibility index (Phi) is 5.71. The first-order chi connectivity index (χ1) is 9.35. The van der Waals surface area contributed by atoms with E-state index in [0.717, 1.165) is 31.2 Å². The van der Waals surface area contributed by atoms with Crippen molar-refractivity contribution < 1.29 is 4.74 Å². The molecule has 0 aromatic heterocycles. The Hall–Kier alpha value is -1.02. The van der Waals surface area contributed by atoms with Crippen molar-refractivity contribution in [3.8, 4) is 5.75 Å². The van der Waals surface area contributed by atoms with E-state index in [-0.39, 0.29) is 0 Å². The molecular weight excluding hydrogens is 234 g/mol. The van der Waals surface area contributed by atoms with Gasteiger partial charge in [0.25, 0.3) is 0 Å². The fourth-order valence-electron chi connectivity index (χ4n) is 3.37. The van der Waals surface area contributed by atoms with Crippen molar-refractivity contribution in [3.63, 3.8) is 0 Å². The smallest absolute Gasteiger partial charge is 0.119 e. The van der Waals surface area contributed by atoms with Gasteiger partial charge in [-0.15, -0.1) is 0 Å². The molecule has 2 heteroatoms. The molecule has 1 aliphatic rings. The third-order valence-electron chi connectivity index (χ3n) is 4.32. The van der Waals surface area contributed by atoms with Crippen molar-refractivity contribution in [2.75, 3.05) is 13.2 Å². The molecule has 1 aromatic rings. The van der Waals surface area contributed by atoms with Gasteiger partial charge in [0, 0.05) is 0 Å². The van der Waals surface area contributed by atoms with Crippen molar-refractivity contribution in [3.05, 3.63) is 29.8 Å². The summed E-state index contributed by atoms with van der Waals surface area (Å²) < 4.78 is 5.52. The van der Waals surface area contributed by atoms with Crippen LogP contribution in [-0.4, -0.2) is 13.2 Å². The van der Waals surface area contributed by atoms with Gasteiger partial charge in [-0.2, -0.15) is 0 Å². The highest BCUT2D eigenvalue weighted by atomic mass is 16.5. The summed E-state index contributed by atoms with van der Waals surface area (Å²) in [5.74, 6) is 2.44. The summed E-state index contributed by atoms with van der Waals surface area (Å²) >= 11 is 0. The molecule has 0 radical (unpaired) electrons. The number of hydrogen-bond acceptors (Lipinski definition) is 2. The first kappa shape index (κ1) is 14.4. The first-order valence-corrected chi connectivity index (χ1v) is 7.78. The zero-order valence-corrected chi connectivity index (χ0v) is 12.1. The summed E-state index contributed by atoms with van der Waals surface area (Å²) in [5, 5.41) is 0. The Morgan fingerprint density at radius 2 is 1.84 bits per heavy atom. The molecule has 0 amide bonds. The van der Waals surface area contributed by atoms with Gasteiger partial charge in [-0.1, -0.05) is 31.4 Å². The summed E-state index contributed by atoms with van der Waals surface area (Å²) in [7, 11) is 0. The van der Waals surface area contributed by atoms with Gasteiger partial charge in [0.1, 0.15) is 5.75 Å². The molecule has 1 atom stereocenters. The van der Waals surface area contributed by atoms with E-state index in [1.807, 2.05) is 6.92 Å². The second-order valence-electron chi connectivity index (χ2n) is 5.58. The molecule has 0 aliphatic heterocycles. The molecule has 1 fully saturated rings. The fraction of sp³-hybridized carbons (Fsp3) is 0.647. The van der Waals surface area contributed by atoms with E-state index in [2.05, 4.69) is 24.3 Å². The van der Waals surface area contributed by atoms with Crippen molar-refractivity contribution in [1.29, 1.82) is 0 Å². The summed E-state index contributed by atoms with van der Waals surface area (Å²) in [5.41, 5.74) is 7.27. The lowest BCUT2D eigenvalue weighted by Crippen LogP contribution is -2.19. The lowest BCUT2D eigenvalue weighted by Gasteiger charge is -2.30. The molecule has 106 valence electrons. The zero-order valence-electron chi connectivity index (χ0n) is 12.1. The van der Waals surface area contributed by atoms with Crippen LogP contribution in [0.3, 0.4) is 0 Å². The van der Waals surface area contributed by atoms with E-state index in [4.69, 9.17) is 10.5 Å². The van der Waals surface area contributed by atoms with E-state index in [1.54, 1.807) is 0 Å². The fourth-order valence-corrected chi connectivity index (χ4v) is 3.37. The zero-order chi connectivity index (χ0) is 13.5. The molecule has 1 saturated carbocycles. The molecule has 0 saturated heterocycles. The van der Waals surface area contributed by atoms with E-state index in [9.17, 15) is 0 Å². The van der Waals surface area contributed by atoms with Crippen LogP contribution in [0.1, 0.15) is 56.9 Å². The topological polar surface area (TPSA) is 35.2 Å². The minimum absolute atomic E-state index is 0.640. The van der Waals surface area contributed by atoms with Crippen molar-refractivity contribution in [2.24, 2.45) is 11.7 Å². The molecule has 0 spiro atoms. The maximum absolute atomic E-state index is 5.83. The number of rotatable bonds is 6. The molecule has 19 heavy (non-hydrogen) atoms. The first-order valence-electron chi connectivity index (χ1n) is 7.78. The Morgan fingerprint density at radius 3 is 2.42 bits per heavy atom. The van der Waals surface area contributed by atoms with Crippen LogP contribution < -0.4 is 10.5 Å². The van der Waals surface area contributed by atoms with Gasteiger partial charge in [0.05, 0.1) is 6.61 Å². The molecule has 2 rings (SSSR count). The van der Waals surface area contributed by atoms with Gasteiger partial charge in [0.15, 0.2) is 0 Å². The van der Waals surface area contributed by atoms with Gasteiger partial charge < -0.3 is 10.5 Å². The van der Waals surface area contributed by atoms with Crippen LogP contribution in [0.25, 0.3) is 0 Å². The summed E-state index contributed by atoms with van der Waals surface area (Å²) in [4.78, 5) is 0. The van der Waals surface area contributed by atoms with Crippen LogP contribution in [0, 0.1) is 5.92 Å². The lowest BCUT2D eigenvalue weighted by atomic mass is 9.75. The number of benzene rings is 1. The van der Waals surface area contributed by atoms with Gasteiger partial charge in [0.2, 0.25) is 0 Å². The van der Waals surface area contributed by atoms with Gasteiger partial charge in [-0.3, -0.25) is 0 Å².